The number of aliphatic imine (C=N–C) groups is 1. The molecule has 4 rings (SSSR count). The molecule has 2 heterocycles. The van der Waals surface area contributed by atoms with Gasteiger partial charge in [0.25, 0.3) is 5.91 Å². The van der Waals surface area contributed by atoms with Crippen LogP contribution >= 0.6 is 0 Å². The summed E-state index contributed by atoms with van der Waals surface area (Å²) in [6.45, 7) is 0.633. The fraction of sp³-hybridized carbons (Fsp3) is 0.438. The van der Waals surface area contributed by atoms with E-state index >= 15 is 0 Å². The molecule has 0 aromatic heterocycles. The third-order valence-corrected chi connectivity index (χ3v) is 5.06. The Kier molecular flexibility index (Phi) is 2.57. The lowest BCUT2D eigenvalue weighted by Gasteiger charge is -2.25. The summed E-state index contributed by atoms with van der Waals surface area (Å²) in [6.07, 6.45) is 0. The van der Waals surface area contributed by atoms with Gasteiger partial charge in [0.1, 0.15) is 17.0 Å². The van der Waals surface area contributed by atoms with E-state index in [9.17, 15) is 10.5 Å². The van der Waals surface area contributed by atoms with Crippen molar-refractivity contribution in [3.05, 3.63) is 29.8 Å². The van der Waals surface area contributed by atoms with Gasteiger partial charge >= 0.3 is 0 Å². The molecule has 0 unspecified atom stereocenters. The highest BCUT2D eigenvalue weighted by Crippen LogP contribution is 2.82. The first kappa shape index (κ1) is 14.0. The number of nitrogens with zero attached hydrogens (tertiary/aromatic N) is 3. The van der Waals surface area contributed by atoms with Gasteiger partial charge in [0.05, 0.1) is 32.5 Å². The maximum absolute atomic E-state index is 9.92. The highest BCUT2D eigenvalue weighted by Gasteiger charge is 2.94. The van der Waals surface area contributed by atoms with Crippen molar-refractivity contribution in [1.29, 1.82) is 10.5 Å². The van der Waals surface area contributed by atoms with Crippen LogP contribution in [0.1, 0.15) is 11.5 Å². The van der Waals surface area contributed by atoms with Crippen LogP contribution in [0.3, 0.4) is 0 Å². The Morgan fingerprint density at radius 2 is 1.87 bits per heavy atom. The van der Waals surface area contributed by atoms with E-state index in [1.165, 1.54) is 0 Å². The van der Waals surface area contributed by atoms with Gasteiger partial charge in [-0.05, 0) is 17.7 Å². The van der Waals surface area contributed by atoms with Crippen LogP contribution < -0.4 is 10.5 Å². The second-order valence-electron chi connectivity index (χ2n) is 5.82. The molecule has 2 aliphatic heterocycles. The van der Waals surface area contributed by atoms with Gasteiger partial charge in [-0.15, -0.1) is 0 Å². The quantitative estimate of drug-likeness (QED) is 0.867. The van der Waals surface area contributed by atoms with Crippen molar-refractivity contribution < 1.29 is 14.2 Å². The minimum absolute atomic E-state index is 0.101. The molecule has 2 N–H and O–H groups in total. The van der Waals surface area contributed by atoms with Crippen molar-refractivity contribution in [2.24, 2.45) is 21.6 Å². The minimum atomic E-state index is -1.48. The molecule has 1 spiro atoms. The molecular formula is C16H14N4O3. The van der Waals surface area contributed by atoms with Crippen molar-refractivity contribution in [1.82, 2.24) is 0 Å². The van der Waals surface area contributed by atoms with Crippen LogP contribution in [0.4, 0.5) is 0 Å². The van der Waals surface area contributed by atoms with E-state index in [4.69, 9.17) is 19.9 Å². The van der Waals surface area contributed by atoms with E-state index in [1.54, 1.807) is 19.2 Å². The van der Waals surface area contributed by atoms with Gasteiger partial charge in [-0.1, -0.05) is 12.1 Å². The second kappa shape index (κ2) is 4.23. The van der Waals surface area contributed by atoms with Crippen LogP contribution in [0.25, 0.3) is 0 Å². The maximum Gasteiger partial charge on any atom is 0.293 e. The summed E-state index contributed by atoms with van der Waals surface area (Å²) in [7, 11) is 1.58. The minimum Gasteiger partial charge on any atom is -0.497 e. The van der Waals surface area contributed by atoms with Gasteiger partial charge in [-0.3, -0.25) is 0 Å². The van der Waals surface area contributed by atoms with Crippen molar-refractivity contribution in [3.63, 3.8) is 0 Å². The summed E-state index contributed by atoms with van der Waals surface area (Å²) in [6, 6.07) is 11.7. The average Bonchev–Trinajstić information content (AvgIpc) is 2.83. The zero-order valence-corrected chi connectivity index (χ0v) is 12.4. The van der Waals surface area contributed by atoms with Gasteiger partial charge in [0.15, 0.2) is 5.41 Å². The SMILES string of the molecule is COc1ccc([C@H]2[C@@]3(C#N)C4(N=C(N)[C@]23C#N)OCCO4)cc1. The number of hydrogen-bond donors (Lipinski definition) is 1. The fourth-order valence-electron chi connectivity index (χ4n) is 4.01. The molecule has 7 heteroatoms. The number of methoxy groups -OCH3 is 1. The molecule has 1 aromatic carbocycles. The molecule has 0 radical (unpaired) electrons. The molecule has 0 bridgehead atoms. The second-order valence-corrected chi connectivity index (χ2v) is 5.82. The molecule has 23 heavy (non-hydrogen) atoms. The largest absolute Gasteiger partial charge is 0.497 e. The monoisotopic (exact) mass is 310 g/mol. The summed E-state index contributed by atoms with van der Waals surface area (Å²) in [5.41, 5.74) is 4.39. The Labute approximate surface area is 132 Å². The van der Waals surface area contributed by atoms with Gasteiger partial charge in [0.2, 0.25) is 0 Å². The van der Waals surface area contributed by atoms with Crippen LogP contribution in [0.2, 0.25) is 0 Å². The van der Waals surface area contributed by atoms with E-state index in [0.717, 1.165) is 5.56 Å². The summed E-state index contributed by atoms with van der Waals surface area (Å²) in [5, 5.41) is 19.7. The third kappa shape index (κ3) is 1.29. The molecule has 0 amide bonds. The summed E-state index contributed by atoms with van der Waals surface area (Å²) in [4.78, 5) is 4.23. The van der Waals surface area contributed by atoms with E-state index in [-0.39, 0.29) is 5.84 Å². The lowest BCUT2D eigenvalue weighted by atomic mass is 9.94. The molecule has 1 saturated carbocycles. The molecule has 116 valence electrons. The van der Waals surface area contributed by atoms with Gasteiger partial charge in [-0.2, -0.15) is 10.5 Å². The number of rotatable bonds is 2. The van der Waals surface area contributed by atoms with E-state index in [2.05, 4.69) is 17.1 Å². The zero-order valence-electron chi connectivity index (χ0n) is 12.4. The molecule has 1 saturated heterocycles. The van der Waals surface area contributed by atoms with E-state index < -0.39 is 22.7 Å². The van der Waals surface area contributed by atoms with Gasteiger partial charge in [-0.25, -0.2) is 4.99 Å². The Morgan fingerprint density at radius 3 is 2.39 bits per heavy atom. The lowest BCUT2D eigenvalue weighted by Crippen LogP contribution is -2.38. The Balaban J connectivity index is 1.87. The molecule has 2 fully saturated rings. The van der Waals surface area contributed by atoms with Crippen molar-refractivity contribution in [3.8, 4) is 17.9 Å². The van der Waals surface area contributed by atoms with Crippen molar-refractivity contribution >= 4 is 5.84 Å². The lowest BCUT2D eigenvalue weighted by molar-refractivity contribution is -0.184. The van der Waals surface area contributed by atoms with Crippen LogP contribution in [-0.4, -0.2) is 32.1 Å². The summed E-state index contributed by atoms with van der Waals surface area (Å²) in [5.74, 6) is -1.14. The molecule has 1 aliphatic carbocycles. The number of ether oxygens (including phenoxy) is 3. The first-order chi connectivity index (χ1) is 11.1. The molecule has 1 aromatic rings. The predicted octanol–water partition coefficient (Wildman–Crippen LogP) is 0.884. The number of nitrogens with two attached hydrogens (primary N) is 1. The number of nitriles is 2. The highest BCUT2D eigenvalue weighted by atomic mass is 16.8. The number of amidine groups is 1. The first-order valence-electron chi connectivity index (χ1n) is 7.22. The molecule has 7 nitrogen and oxygen atoms in total. The van der Waals surface area contributed by atoms with E-state index in [0.29, 0.717) is 19.0 Å². The van der Waals surface area contributed by atoms with E-state index in [1.807, 2.05) is 12.1 Å². The Hall–Kier alpha value is -2.61. The fourth-order valence-corrected chi connectivity index (χ4v) is 4.01. The summed E-state index contributed by atoms with van der Waals surface area (Å²) < 4.78 is 16.5. The van der Waals surface area contributed by atoms with Crippen LogP contribution in [0.5, 0.6) is 5.75 Å². The Bertz CT molecular complexity index is 785. The number of fused-ring (bicyclic) bond motifs is 2. The number of hydrogen-bond acceptors (Lipinski definition) is 7. The van der Waals surface area contributed by atoms with Crippen LogP contribution in [0, 0.1) is 33.5 Å². The van der Waals surface area contributed by atoms with Gasteiger partial charge in [0, 0.05) is 5.92 Å². The molecule has 3 atom stereocenters. The standard InChI is InChI=1S/C16H14N4O3/c1-21-11-4-2-10(3-5-11)12-14(8-17)13(19)20-16(15(12,14)9-18)22-6-7-23-16/h2-5,12H,6-7H2,1H3,(H2,19,20)/t12-,14+,15-/m1/s1. The molecular weight excluding hydrogens is 296 g/mol. The third-order valence-electron chi connectivity index (χ3n) is 5.06. The average molecular weight is 310 g/mol. The van der Waals surface area contributed by atoms with Crippen molar-refractivity contribution in [2.45, 2.75) is 11.8 Å². The first-order valence-corrected chi connectivity index (χ1v) is 7.22. The van der Waals surface area contributed by atoms with Crippen molar-refractivity contribution in [2.75, 3.05) is 20.3 Å². The molecule has 3 aliphatic rings. The Morgan fingerprint density at radius 1 is 1.22 bits per heavy atom. The smallest absolute Gasteiger partial charge is 0.293 e. The maximum atomic E-state index is 9.92. The zero-order chi connectivity index (χ0) is 16.3. The number of benzene rings is 1. The topological polar surface area (TPSA) is 114 Å². The van der Waals surface area contributed by atoms with Crippen LogP contribution in [0.15, 0.2) is 29.3 Å². The normalized spacial score (nSPS) is 36.0. The van der Waals surface area contributed by atoms with Gasteiger partial charge < -0.3 is 19.9 Å². The van der Waals surface area contributed by atoms with Crippen LogP contribution in [-0.2, 0) is 9.47 Å². The summed E-state index contributed by atoms with van der Waals surface area (Å²) >= 11 is 0. The highest BCUT2D eigenvalue weighted by molar-refractivity contribution is 6.00. The predicted molar refractivity (Wildman–Crippen MR) is 78.1 cm³/mol.